The molecule has 2 aromatic rings. The van der Waals surface area contributed by atoms with E-state index in [1.807, 2.05) is 39.0 Å². The third-order valence-electron chi connectivity index (χ3n) is 2.62. The van der Waals surface area contributed by atoms with Gasteiger partial charge in [-0.05, 0) is 51.5 Å². The van der Waals surface area contributed by atoms with E-state index in [-0.39, 0.29) is 17.8 Å². The highest BCUT2D eigenvalue weighted by atomic mass is 16.5. The van der Waals surface area contributed by atoms with E-state index < -0.39 is 0 Å². The summed E-state index contributed by atoms with van der Waals surface area (Å²) in [6, 6.07) is 5.52. The third kappa shape index (κ3) is 3.34. The van der Waals surface area contributed by atoms with E-state index in [2.05, 4.69) is 20.5 Å². The molecular weight excluding hydrogens is 256 g/mol. The Morgan fingerprint density at radius 2 is 2.10 bits per heavy atom. The molecular formula is C14H18N4O2. The molecule has 6 heteroatoms. The highest BCUT2D eigenvalue weighted by molar-refractivity contribution is 6.01. The van der Waals surface area contributed by atoms with Gasteiger partial charge in [0.1, 0.15) is 11.6 Å². The first-order valence-electron chi connectivity index (χ1n) is 6.43. The van der Waals surface area contributed by atoms with Crippen LogP contribution in [0.25, 0.3) is 0 Å². The topological polar surface area (TPSA) is 79.9 Å². The van der Waals surface area contributed by atoms with Crippen LogP contribution in [0.15, 0.2) is 18.2 Å². The zero-order chi connectivity index (χ0) is 14.7. The van der Waals surface area contributed by atoms with Gasteiger partial charge in [0.05, 0.1) is 6.10 Å². The number of benzene rings is 1. The van der Waals surface area contributed by atoms with E-state index in [4.69, 9.17) is 4.74 Å². The number of carbonyl (C=O) groups is 1. The predicted octanol–water partition coefficient (Wildman–Crippen LogP) is 2.46. The number of H-pyrrole nitrogens is 1. The quantitative estimate of drug-likeness (QED) is 0.897. The first-order chi connectivity index (χ1) is 9.45. The largest absolute Gasteiger partial charge is 0.491 e. The number of nitrogens with one attached hydrogen (secondary N) is 2. The van der Waals surface area contributed by atoms with Crippen molar-refractivity contribution in [2.45, 2.75) is 33.8 Å². The Morgan fingerprint density at radius 3 is 2.65 bits per heavy atom. The Labute approximate surface area is 117 Å². The summed E-state index contributed by atoms with van der Waals surface area (Å²) in [4.78, 5) is 15.9. The van der Waals surface area contributed by atoms with Gasteiger partial charge >= 0.3 is 0 Å². The van der Waals surface area contributed by atoms with Crippen LogP contribution >= 0.6 is 0 Å². The molecule has 0 saturated carbocycles. The summed E-state index contributed by atoms with van der Waals surface area (Å²) in [5.41, 5.74) is 1.64. The SMILES string of the molecule is Cc1nc(C(=O)Nc2ccc(OC(C)C)cc2C)n[nH]1. The molecule has 6 nitrogen and oxygen atoms in total. The molecule has 0 atom stereocenters. The number of hydrogen-bond donors (Lipinski definition) is 2. The first kappa shape index (κ1) is 14.0. The third-order valence-corrected chi connectivity index (χ3v) is 2.62. The van der Waals surface area contributed by atoms with Gasteiger partial charge in [-0.3, -0.25) is 9.89 Å². The van der Waals surface area contributed by atoms with Crippen LogP contribution in [0.3, 0.4) is 0 Å². The lowest BCUT2D eigenvalue weighted by molar-refractivity contribution is 0.101. The van der Waals surface area contributed by atoms with Crippen LogP contribution in [0.5, 0.6) is 5.75 Å². The van der Waals surface area contributed by atoms with Crippen LogP contribution < -0.4 is 10.1 Å². The van der Waals surface area contributed by atoms with Crippen LogP contribution in [0.4, 0.5) is 5.69 Å². The number of carbonyl (C=O) groups excluding carboxylic acids is 1. The molecule has 1 heterocycles. The number of nitrogens with zero attached hydrogens (tertiary/aromatic N) is 2. The molecule has 0 spiro atoms. The standard InChI is InChI=1S/C14H18N4O2/c1-8(2)20-11-5-6-12(9(3)7-11)16-14(19)13-15-10(4)17-18-13/h5-8H,1-4H3,(H,16,19)(H,15,17,18). The van der Waals surface area contributed by atoms with Crippen molar-refractivity contribution in [3.8, 4) is 5.75 Å². The van der Waals surface area contributed by atoms with Crippen molar-refractivity contribution in [1.82, 2.24) is 15.2 Å². The Balaban J connectivity index is 2.11. The number of hydrogen-bond acceptors (Lipinski definition) is 4. The summed E-state index contributed by atoms with van der Waals surface area (Å²) in [7, 11) is 0. The molecule has 1 aromatic carbocycles. The lowest BCUT2D eigenvalue weighted by atomic mass is 10.2. The number of aromatic nitrogens is 3. The molecule has 0 aliphatic rings. The van der Waals surface area contributed by atoms with Crippen molar-refractivity contribution in [3.05, 3.63) is 35.4 Å². The first-order valence-corrected chi connectivity index (χ1v) is 6.43. The lowest BCUT2D eigenvalue weighted by Gasteiger charge is -2.12. The van der Waals surface area contributed by atoms with Gasteiger partial charge in [-0.2, -0.15) is 0 Å². The molecule has 0 unspecified atom stereocenters. The molecule has 2 N–H and O–H groups in total. The number of aryl methyl sites for hydroxylation is 2. The molecule has 20 heavy (non-hydrogen) atoms. The van der Waals surface area contributed by atoms with Crippen molar-refractivity contribution in [2.24, 2.45) is 0 Å². The molecule has 0 radical (unpaired) electrons. The van der Waals surface area contributed by atoms with E-state index >= 15 is 0 Å². The van der Waals surface area contributed by atoms with Crippen LogP contribution in [-0.2, 0) is 0 Å². The minimum atomic E-state index is -0.338. The summed E-state index contributed by atoms with van der Waals surface area (Å²) in [6.07, 6.45) is 0.117. The van der Waals surface area contributed by atoms with Gasteiger partial charge in [0, 0.05) is 5.69 Å². The van der Waals surface area contributed by atoms with Crippen LogP contribution in [0.1, 0.15) is 35.9 Å². The normalized spacial score (nSPS) is 10.7. The van der Waals surface area contributed by atoms with E-state index in [9.17, 15) is 4.79 Å². The Kier molecular flexibility index (Phi) is 4.02. The Bertz CT molecular complexity index is 619. The van der Waals surface area contributed by atoms with Crippen molar-refractivity contribution in [2.75, 3.05) is 5.32 Å². The summed E-state index contributed by atoms with van der Waals surface area (Å²) >= 11 is 0. The maximum atomic E-state index is 12.0. The average Bonchev–Trinajstić information content (AvgIpc) is 2.78. The smallest absolute Gasteiger partial charge is 0.295 e. The molecule has 0 fully saturated rings. The van der Waals surface area contributed by atoms with Crippen LogP contribution in [0.2, 0.25) is 0 Å². The highest BCUT2D eigenvalue weighted by Crippen LogP contribution is 2.22. The van der Waals surface area contributed by atoms with Crippen molar-refractivity contribution in [3.63, 3.8) is 0 Å². The Morgan fingerprint density at radius 1 is 1.35 bits per heavy atom. The van der Waals surface area contributed by atoms with Gasteiger partial charge in [-0.15, -0.1) is 5.10 Å². The second-order valence-electron chi connectivity index (χ2n) is 4.84. The lowest BCUT2D eigenvalue weighted by Crippen LogP contribution is -2.14. The predicted molar refractivity (Wildman–Crippen MR) is 76.0 cm³/mol. The number of aromatic amines is 1. The molecule has 106 valence electrons. The van der Waals surface area contributed by atoms with Gasteiger partial charge in [0.2, 0.25) is 5.82 Å². The van der Waals surface area contributed by atoms with Gasteiger partial charge in [0.25, 0.3) is 5.91 Å². The van der Waals surface area contributed by atoms with E-state index in [0.29, 0.717) is 11.5 Å². The van der Waals surface area contributed by atoms with Crippen LogP contribution in [0, 0.1) is 13.8 Å². The second-order valence-corrected chi connectivity index (χ2v) is 4.84. The Hall–Kier alpha value is -2.37. The fourth-order valence-corrected chi connectivity index (χ4v) is 1.74. The van der Waals surface area contributed by atoms with Gasteiger partial charge in [-0.1, -0.05) is 0 Å². The van der Waals surface area contributed by atoms with E-state index in [1.54, 1.807) is 6.92 Å². The molecule has 0 bridgehead atoms. The maximum absolute atomic E-state index is 12.0. The zero-order valence-corrected chi connectivity index (χ0v) is 12.0. The fraction of sp³-hybridized carbons (Fsp3) is 0.357. The van der Waals surface area contributed by atoms with Gasteiger partial charge < -0.3 is 10.1 Å². The van der Waals surface area contributed by atoms with Gasteiger partial charge in [-0.25, -0.2) is 4.98 Å². The van der Waals surface area contributed by atoms with Crippen molar-refractivity contribution < 1.29 is 9.53 Å². The summed E-state index contributed by atoms with van der Waals surface area (Å²) in [5, 5.41) is 9.25. The zero-order valence-electron chi connectivity index (χ0n) is 12.0. The number of amides is 1. The molecule has 2 rings (SSSR count). The maximum Gasteiger partial charge on any atom is 0.295 e. The van der Waals surface area contributed by atoms with Crippen molar-refractivity contribution in [1.29, 1.82) is 0 Å². The molecule has 1 aromatic heterocycles. The minimum absolute atomic E-state index is 0.117. The molecule has 1 amide bonds. The number of rotatable bonds is 4. The average molecular weight is 274 g/mol. The fourth-order valence-electron chi connectivity index (χ4n) is 1.74. The number of ether oxygens (including phenoxy) is 1. The molecule has 0 aliphatic heterocycles. The minimum Gasteiger partial charge on any atom is -0.491 e. The molecule has 0 aliphatic carbocycles. The summed E-state index contributed by atoms with van der Waals surface area (Å²) < 4.78 is 5.60. The van der Waals surface area contributed by atoms with E-state index in [0.717, 1.165) is 11.3 Å². The molecule has 0 saturated heterocycles. The second kappa shape index (κ2) is 5.73. The highest BCUT2D eigenvalue weighted by Gasteiger charge is 2.12. The summed E-state index contributed by atoms with van der Waals surface area (Å²) in [5.74, 6) is 1.18. The monoisotopic (exact) mass is 274 g/mol. The van der Waals surface area contributed by atoms with E-state index in [1.165, 1.54) is 0 Å². The van der Waals surface area contributed by atoms with Gasteiger partial charge in [0.15, 0.2) is 0 Å². The number of anilines is 1. The van der Waals surface area contributed by atoms with Crippen molar-refractivity contribution >= 4 is 11.6 Å². The summed E-state index contributed by atoms with van der Waals surface area (Å²) in [6.45, 7) is 7.59. The van der Waals surface area contributed by atoms with Crippen LogP contribution in [-0.4, -0.2) is 27.2 Å².